The average Bonchev–Trinajstić information content (AvgIpc) is 3.29. The molecule has 150 valence electrons. The fourth-order valence-corrected chi connectivity index (χ4v) is 3.87. The Morgan fingerprint density at radius 3 is 2.17 bits per heavy atom. The molecule has 0 aliphatic heterocycles. The minimum absolute atomic E-state index is 0.0777. The molecule has 0 radical (unpaired) electrons. The molecule has 0 unspecified atom stereocenters. The normalized spacial score (nSPS) is 10.4. The maximum Gasteiger partial charge on any atom is 0.261 e. The molecule has 1 heterocycles. The molecule has 4 aromatic rings. The first-order chi connectivity index (χ1) is 14.7. The van der Waals surface area contributed by atoms with Gasteiger partial charge < -0.3 is 14.8 Å². The van der Waals surface area contributed by atoms with Crippen LogP contribution in [0, 0.1) is 0 Å². The second-order valence-electron chi connectivity index (χ2n) is 6.63. The lowest BCUT2D eigenvalue weighted by molar-refractivity contribution is 0.0955. The molecule has 0 aliphatic rings. The number of rotatable bonds is 7. The highest BCUT2D eigenvalue weighted by molar-refractivity contribution is 7.17. The molecule has 5 heteroatoms. The van der Waals surface area contributed by atoms with E-state index in [9.17, 15) is 4.79 Å². The average molecular weight is 416 g/mol. The number of amides is 1. The number of ether oxygens (including phenoxy) is 2. The molecule has 0 fully saturated rings. The third kappa shape index (κ3) is 4.88. The van der Waals surface area contributed by atoms with Crippen molar-refractivity contribution in [2.75, 3.05) is 7.11 Å². The Bertz CT molecular complexity index is 1100. The molecule has 1 amide bonds. The highest BCUT2D eigenvalue weighted by atomic mass is 32.1. The second-order valence-corrected chi connectivity index (χ2v) is 7.72. The van der Waals surface area contributed by atoms with Gasteiger partial charge in [-0.15, -0.1) is 11.3 Å². The van der Waals surface area contributed by atoms with Crippen molar-refractivity contribution in [1.29, 1.82) is 0 Å². The number of benzene rings is 3. The summed E-state index contributed by atoms with van der Waals surface area (Å²) in [4.78, 5) is 14.2. The van der Waals surface area contributed by atoms with Gasteiger partial charge in [-0.05, 0) is 71.8 Å². The van der Waals surface area contributed by atoms with Gasteiger partial charge in [0.15, 0.2) is 0 Å². The summed E-state index contributed by atoms with van der Waals surface area (Å²) in [5.74, 6) is 2.30. The summed E-state index contributed by atoms with van der Waals surface area (Å²) in [7, 11) is 1.63. The van der Waals surface area contributed by atoms with Gasteiger partial charge >= 0.3 is 0 Å². The van der Waals surface area contributed by atoms with Gasteiger partial charge in [0.25, 0.3) is 5.91 Å². The van der Waals surface area contributed by atoms with E-state index < -0.39 is 0 Å². The molecule has 3 aromatic carbocycles. The Kier molecular flexibility index (Phi) is 6.11. The zero-order valence-corrected chi connectivity index (χ0v) is 17.3. The maximum atomic E-state index is 12.5. The van der Waals surface area contributed by atoms with Gasteiger partial charge in [0.1, 0.15) is 17.2 Å². The zero-order valence-electron chi connectivity index (χ0n) is 16.5. The van der Waals surface area contributed by atoms with E-state index >= 15 is 0 Å². The number of nitrogens with one attached hydrogen (secondary N) is 1. The fraction of sp³-hybridized carbons (Fsp3) is 0.0800. The van der Waals surface area contributed by atoms with Crippen LogP contribution in [0.3, 0.4) is 0 Å². The Morgan fingerprint density at radius 2 is 1.47 bits per heavy atom. The van der Waals surface area contributed by atoms with Crippen LogP contribution in [-0.2, 0) is 6.54 Å². The Balaban J connectivity index is 1.37. The van der Waals surface area contributed by atoms with E-state index in [1.54, 1.807) is 7.11 Å². The van der Waals surface area contributed by atoms with Crippen molar-refractivity contribution in [2.24, 2.45) is 0 Å². The van der Waals surface area contributed by atoms with Gasteiger partial charge in [-0.1, -0.05) is 30.3 Å². The predicted octanol–water partition coefficient (Wildman–Crippen LogP) is 6.15. The van der Waals surface area contributed by atoms with Crippen LogP contribution in [0.2, 0.25) is 0 Å². The monoisotopic (exact) mass is 415 g/mol. The maximum absolute atomic E-state index is 12.5. The molecule has 0 saturated carbocycles. The summed E-state index contributed by atoms with van der Waals surface area (Å²) in [6.45, 7) is 0.474. The Hall–Kier alpha value is -3.57. The smallest absolute Gasteiger partial charge is 0.261 e. The van der Waals surface area contributed by atoms with Gasteiger partial charge in [-0.25, -0.2) is 0 Å². The number of hydrogen-bond acceptors (Lipinski definition) is 4. The van der Waals surface area contributed by atoms with Crippen molar-refractivity contribution in [2.45, 2.75) is 6.54 Å². The lowest BCUT2D eigenvalue weighted by Crippen LogP contribution is -2.21. The third-order valence-corrected chi connectivity index (χ3v) is 5.69. The first-order valence-corrected chi connectivity index (χ1v) is 10.4. The Morgan fingerprint density at radius 1 is 0.800 bits per heavy atom. The van der Waals surface area contributed by atoms with Gasteiger partial charge in [0.05, 0.1) is 12.0 Å². The van der Waals surface area contributed by atoms with Crippen LogP contribution in [0.15, 0.2) is 91.0 Å². The topological polar surface area (TPSA) is 47.6 Å². The van der Waals surface area contributed by atoms with Crippen LogP contribution in [0.1, 0.15) is 15.2 Å². The predicted molar refractivity (Wildman–Crippen MR) is 120 cm³/mol. The second kappa shape index (κ2) is 9.29. The molecule has 4 nitrogen and oxygen atoms in total. The van der Waals surface area contributed by atoms with E-state index in [1.165, 1.54) is 11.3 Å². The van der Waals surface area contributed by atoms with Crippen LogP contribution < -0.4 is 14.8 Å². The molecular formula is C25H21NO3S. The standard InChI is InChI=1S/C25H21NO3S/c1-28-20-11-7-18(8-12-20)17-26-25(27)24-16-15-23(30-24)19-9-13-22(14-10-19)29-21-5-3-2-4-6-21/h2-16H,17H2,1H3,(H,26,27). The van der Waals surface area contributed by atoms with Gasteiger partial charge in [-0.2, -0.15) is 0 Å². The lowest BCUT2D eigenvalue weighted by Gasteiger charge is -2.06. The number of thiophene rings is 1. The van der Waals surface area contributed by atoms with Crippen LogP contribution in [0.25, 0.3) is 10.4 Å². The van der Waals surface area contributed by atoms with Crippen LogP contribution >= 0.6 is 11.3 Å². The SMILES string of the molecule is COc1ccc(CNC(=O)c2ccc(-c3ccc(Oc4ccccc4)cc3)s2)cc1. The summed E-state index contributed by atoms with van der Waals surface area (Å²) in [5, 5.41) is 2.96. The van der Waals surface area contributed by atoms with Gasteiger partial charge in [0.2, 0.25) is 0 Å². The van der Waals surface area contributed by atoms with Crippen LogP contribution in [0.5, 0.6) is 17.2 Å². The van der Waals surface area contributed by atoms with Crippen molar-refractivity contribution in [3.8, 4) is 27.7 Å². The number of methoxy groups -OCH3 is 1. The minimum Gasteiger partial charge on any atom is -0.497 e. The van der Waals surface area contributed by atoms with Gasteiger partial charge in [-0.3, -0.25) is 4.79 Å². The molecule has 0 aliphatic carbocycles. The number of carbonyl (C=O) groups is 1. The molecule has 0 atom stereocenters. The molecule has 0 spiro atoms. The third-order valence-electron chi connectivity index (χ3n) is 4.56. The molecule has 4 rings (SSSR count). The number of para-hydroxylation sites is 1. The molecule has 1 N–H and O–H groups in total. The summed E-state index contributed by atoms with van der Waals surface area (Å²) < 4.78 is 11.0. The zero-order chi connectivity index (χ0) is 20.8. The highest BCUT2D eigenvalue weighted by Crippen LogP contribution is 2.30. The van der Waals surface area contributed by atoms with Crippen molar-refractivity contribution in [1.82, 2.24) is 5.32 Å². The van der Waals surface area contributed by atoms with Crippen molar-refractivity contribution < 1.29 is 14.3 Å². The molecule has 1 aromatic heterocycles. The van der Waals surface area contributed by atoms with Gasteiger partial charge in [0, 0.05) is 11.4 Å². The van der Waals surface area contributed by atoms with Crippen LogP contribution in [-0.4, -0.2) is 13.0 Å². The van der Waals surface area contributed by atoms with Crippen molar-refractivity contribution in [3.05, 3.63) is 101 Å². The van der Waals surface area contributed by atoms with E-state index in [4.69, 9.17) is 9.47 Å². The van der Waals surface area contributed by atoms with E-state index in [0.29, 0.717) is 11.4 Å². The van der Waals surface area contributed by atoms with Crippen molar-refractivity contribution >= 4 is 17.2 Å². The first kappa shape index (κ1) is 19.7. The summed E-state index contributed by atoms with van der Waals surface area (Å²) >= 11 is 1.47. The van der Waals surface area contributed by atoms with Crippen LogP contribution in [0.4, 0.5) is 0 Å². The summed E-state index contributed by atoms with van der Waals surface area (Å²) in [6.07, 6.45) is 0. The molecule has 30 heavy (non-hydrogen) atoms. The summed E-state index contributed by atoms with van der Waals surface area (Å²) in [6, 6.07) is 29.0. The van der Waals surface area contributed by atoms with E-state index in [2.05, 4.69) is 5.32 Å². The largest absolute Gasteiger partial charge is 0.497 e. The number of hydrogen-bond donors (Lipinski definition) is 1. The van der Waals surface area contributed by atoms with E-state index in [1.807, 2.05) is 91.0 Å². The quantitative estimate of drug-likeness (QED) is 0.394. The van der Waals surface area contributed by atoms with E-state index in [-0.39, 0.29) is 5.91 Å². The minimum atomic E-state index is -0.0777. The highest BCUT2D eigenvalue weighted by Gasteiger charge is 2.10. The van der Waals surface area contributed by atoms with Crippen molar-refractivity contribution in [3.63, 3.8) is 0 Å². The molecule has 0 bridgehead atoms. The summed E-state index contributed by atoms with van der Waals surface area (Å²) in [5.41, 5.74) is 2.07. The first-order valence-electron chi connectivity index (χ1n) is 9.55. The molecule has 0 saturated heterocycles. The molecular weight excluding hydrogens is 394 g/mol. The van der Waals surface area contributed by atoms with E-state index in [0.717, 1.165) is 33.3 Å². The Labute approximate surface area is 179 Å². The fourth-order valence-electron chi connectivity index (χ4n) is 2.94. The number of carbonyl (C=O) groups excluding carboxylic acids is 1. The lowest BCUT2D eigenvalue weighted by atomic mass is 10.2.